The molecule has 26 heavy (non-hydrogen) atoms. The van der Waals surface area contributed by atoms with E-state index in [1.807, 2.05) is 27.7 Å². The van der Waals surface area contributed by atoms with Crippen molar-refractivity contribution >= 4 is 22.3 Å². The second-order valence-electron chi connectivity index (χ2n) is 7.66. The van der Waals surface area contributed by atoms with E-state index in [1.54, 1.807) is 42.4 Å². The molecule has 1 saturated carbocycles. The number of nitrogens with one attached hydrogen (secondary N) is 1. The van der Waals surface area contributed by atoms with Gasteiger partial charge in [-0.25, -0.2) is 9.63 Å². The number of ether oxygens (including phenoxy) is 1. The molecule has 0 unspecified atom stereocenters. The fourth-order valence-electron chi connectivity index (χ4n) is 2.53. The van der Waals surface area contributed by atoms with Crippen LogP contribution in [0, 0.1) is 12.8 Å². The van der Waals surface area contributed by atoms with Gasteiger partial charge in [0.1, 0.15) is 5.60 Å². The number of amides is 1. The molecule has 144 valence electrons. The van der Waals surface area contributed by atoms with Crippen LogP contribution in [0.4, 0.5) is 4.79 Å². The van der Waals surface area contributed by atoms with Gasteiger partial charge < -0.3 is 9.64 Å². The minimum absolute atomic E-state index is 0.0787. The lowest BCUT2D eigenvalue weighted by Gasteiger charge is -2.39. The molecule has 1 N–H and O–H groups in total. The van der Waals surface area contributed by atoms with E-state index in [2.05, 4.69) is 9.93 Å². The first-order chi connectivity index (χ1) is 12.0. The average Bonchev–Trinajstić information content (AvgIpc) is 2.47. The largest absolute Gasteiger partial charge is 0.444 e. The molecule has 0 atom stereocenters. The Labute approximate surface area is 155 Å². The highest BCUT2D eigenvalue weighted by Crippen LogP contribution is 2.30. The van der Waals surface area contributed by atoms with Crippen molar-refractivity contribution in [2.24, 2.45) is 11.0 Å². The van der Waals surface area contributed by atoms with Crippen molar-refractivity contribution in [2.75, 3.05) is 7.05 Å². The van der Waals surface area contributed by atoms with Gasteiger partial charge in [-0.3, -0.25) is 0 Å². The van der Waals surface area contributed by atoms with Crippen molar-refractivity contribution < 1.29 is 17.9 Å². The van der Waals surface area contributed by atoms with Crippen LogP contribution < -0.4 is 4.83 Å². The maximum atomic E-state index is 12.1. The van der Waals surface area contributed by atoms with E-state index in [0.717, 1.165) is 18.4 Å². The summed E-state index contributed by atoms with van der Waals surface area (Å²) in [6.45, 7) is 7.38. The van der Waals surface area contributed by atoms with Crippen LogP contribution in [0.15, 0.2) is 34.3 Å². The summed E-state index contributed by atoms with van der Waals surface area (Å²) in [4.78, 5) is 16.0. The van der Waals surface area contributed by atoms with E-state index in [-0.39, 0.29) is 22.9 Å². The van der Waals surface area contributed by atoms with Gasteiger partial charge in [-0.1, -0.05) is 17.7 Å². The van der Waals surface area contributed by atoms with Gasteiger partial charge in [-0.15, -0.1) is 0 Å². The Morgan fingerprint density at radius 2 is 1.85 bits per heavy atom. The Kier molecular flexibility index (Phi) is 5.95. The number of hydrazone groups is 1. The SMILES string of the molecule is Cc1ccc(S(=O)(=O)N/N=C/C2CC(N(C)C(=O)OC(C)(C)C)C2)cc1. The lowest BCUT2D eigenvalue weighted by molar-refractivity contribution is 0.0114. The van der Waals surface area contributed by atoms with Crippen LogP contribution in [0.3, 0.4) is 0 Å². The topological polar surface area (TPSA) is 88.1 Å². The third-order valence-corrected chi connectivity index (χ3v) is 5.41. The molecule has 0 bridgehead atoms. The van der Waals surface area contributed by atoms with E-state index in [9.17, 15) is 13.2 Å². The molecule has 0 heterocycles. The van der Waals surface area contributed by atoms with E-state index < -0.39 is 15.6 Å². The Balaban J connectivity index is 1.81. The summed E-state index contributed by atoms with van der Waals surface area (Å²) in [5.41, 5.74) is 0.464. The van der Waals surface area contributed by atoms with Gasteiger partial charge in [0.25, 0.3) is 10.0 Å². The first-order valence-electron chi connectivity index (χ1n) is 8.55. The molecule has 0 aromatic heterocycles. The maximum Gasteiger partial charge on any atom is 0.410 e. The highest BCUT2D eigenvalue weighted by atomic mass is 32.2. The molecular formula is C18H27N3O4S. The fraction of sp³-hybridized carbons (Fsp3) is 0.556. The second kappa shape index (κ2) is 7.65. The van der Waals surface area contributed by atoms with Gasteiger partial charge in [0.05, 0.1) is 4.90 Å². The molecular weight excluding hydrogens is 354 g/mol. The summed E-state index contributed by atoms with van der Waals surface area (Å²) < 4.78 is 29.6. The predicted octanol–water partition coefficient (Wildman–Crippen LogP) is 2.90. The van der Waals surface area contributed by atoms with Gasteiger partial charge in [-0.05, 0) is 58.6 Å². The summed E-state index contributed by atoms with van der Waals surface area (Å²) in [6.07, 6.45) is 2.69. The molecule has 0 radical (unpaired) electrons. The monoisotopic (exact) mass is 381 g/mol. The van der Waals surface area contributed by atoms with E-state index >= 15 is 0 Å². The first-order valence-corrected chi connectivity index (χ1v) is 10.0. The average molecular weight is 381 g/mol. The van der Waals surface area contributed by atoms with Crippen LogP contribution >= 0.6 is 0 Å². The second-order valence-corrected chi connectivity index (χ2v) is 9.32. The molecule has 1 aliphatic rings. The van der Waals surface area contributed by atoms with Crippen LogP contribution in [0.5, 0.6) is 0 Å². The Morgan fingerprint density at radius 3 is 2.38 bits per heavy atom. The van der Waals surface area contributed by atoms with E-state index in [0.29, 0.717) is 0 Å². The Hall–Kier alpha value is -2.09. The zero-order chi connectivity index (χ0) is 19.5. The molecule has 8 heteroatoms. The maximum absolute atomic E-state index is 12.1. The third kappa shape index (κ3) is 5.45. The Bertz CT molecular complexity index is 761. The number of carbonyl (C=O) groups excluding carboxylic acids is 1. The predicted molar refractivity (Wildman–Crippen MR) is 101 cm³/mol. The lowest BCUT2D eigenvalue weighted by atomic mass is 9.80. The quantitative estimate of drug-likeness (QED) is 0.627. The summed E-state index contributed by atoms with van der Waals surface area (Å²) in [6, 6.07) is 6.64. The van der Waals surface area contributed by atoms with Crippen LogP contribution in [0.2, 0.25) is 0 Å². The van der Waals surface area contributed by atoms with Crippen molar-refractivity contribution in [3.05, 3.63) is 29.8 Å². The lowest BCUT2D eigenvalue weighted by Crippen LogP contribution is -2.47. The number of carbonyl (C=O) groups is 1. The minimum atomic E-state index is -3.65. The summed E-state index contributed by atoms with van der Waals surface area (Å²) in [5.74, 6) is 0.130. The Morgan fingerprint density at radius 1 is 1.27 bits per heavy atom. The molecule has 1 aromatic rings. The third-order valence-electron chi connectivity index (χ3n) is 4.17. The summed E-state index contributed by atoms with van der Waals surface area (Å²) in [7, 11) is -1.94. The number of aryl methyl sites for hydroxylation is 1. The summed E-state index contributed by atoms with van der Waals surface area (Å²) in [5, 5.41) is 3.86. The number of hydrogen-bond acceptors (Lipinski definition) is 5. The molecule has 1 aromatic carbocycles. The number of sulfonamides is 1. The number of nitrogens with zero attached hydrogens (tertiary/aromatic N) is 2. The zero-order valence-corrected chi connectivity index (χ0v) is 16.7. The smallest absolute Gasteiger partial charge is 0.410 e. The molecule has 1 fully saturated rings. The molecule has 2 rings (SSSR count). The van der Waals surface area contributed by atoms with Crippen LogP contribution in [0.1, 0.15) is 39.2 Å². The van der Waals surface area contributed by atoms with Crippen molar-refractivity contribution in [3.8, 4) is 0 Å². The van der Waals surface area contributed by atoms with E-state index in [1.165, 1.54) is 0 Å². The van der Waals surface area contributed by atoms with Crippen LogP contribution in [0.25, 0.3) is 0 Å². The van der Waals surface area contributed by atoms with Gasteiger partial charge in [-0.2, -0.15) is 13.5 Å². The zero-order valence-electron chi connectivity index (χ0n) is 15.9. The molecule has 1 amide bonds. The van der Waals surface area contributed by atoms with Crippen molar-refractivity contribution in [3.63, 3.8) is 0 Å². The fourth-order valence-corrected chi connectivity index (χ4v) is 3.33. The molecule has 0 saturated heterocycles. The molecule has 7 nitrogen and oxygen atoms in total. The van der Waals surface area contributed by atoms with Crippen LogP contribution in [-0.4, -0.2) is 44.3 Å². The van der Waals surface area contributed by atoms with Crippen molar-refractivity contribution in [2.45, 2.75) is 57.1 Å². The minimum Gasteiger partial charge on any atom is -0.444 e. The standard InChI is InChI=1S/C18H27N3O4S/c1-13-6-8-16(9-7-13)26(23,24)20-19-12-14-10-15(11-14)21(5)17(22)25-18(2,3)4/h6-9,12,14-15,20H,10-11H2,1-5H3/b19-12+. The van der Waals surface area contributed by atoms with Gasteiger partial charge in [0, 0.05) is 19.3 Å². The summed E-state index contributed by atoms with van der Waals surface area (Å²) >= 11 is 0. The van der Waals surface area contributed by atoms with Gasteiger partial charge in [0.2, 0.25) is 0 Å². The molecule has 0 aliphatic heterocycles. The number of benzene rings is 1. The highest BCUT2D eigenvalue weighted by Gasteiger charge is 2.35. The van der Waals surface area contributed by atoms with Crippen LogP contribution in [-0.2, 0) is 14.8 Å². The van der Waals surface area contributed by atoms with E-state index in [4.69, 9.17) is 4.74 Å². The van der Waals surface area contributed by atoms with Gasteiger partial charge >= 0.3 is 6.09 Å². The molecule has 0 spiro atoms. The molecule has 1 aliphatic carbocycles. The van der Waals surface area contributed by atoms with Crippen molar-refractivity contribution in [1.82, 2.24) is 9.73 Å². The van der Waals surface area contributed by atoms with Gasteiger partial charge in [0.15, 0.2) is 0 Å². The highest BCUT2D eigenvalue weighted by molar-refractivity contribution is 7.89. The normalized spacial score (nSPS) is 20.5. The number of rotatable bonds is 5. The number of hydrogen-bond donors (Lipinski definition) is 1. The first kappa shape index (κ1) is 20.2. The van der Waals surface area contributed by atoms with Crippen molar-refractivity contribution in [1.29, 1.82) is 0 Å².